The molecule has 0 spiro atoms. The van der Waals surface area contributed by atoms with Gasteiger partial charge in [-0.05, 0) is 44.7 Å². The van der Waals surface area contributed by atoms with Crippen LogP contribution in [0.3, 0.4) is 0 Å². The van der Waals surface area contributed by atoms with Crippen LogP contribution in [0.4, 0.5) is 0 Å². The van der Waals surface area contributed by atoms with E-state index in [2.05, 4.69) is 21.6 Å². The summed E-state index contributed by atoms with van der Waals surface area (Å²) in [5, 5.41) is 9.04. The summed E-state index contributed by atoms with van der Waals surface area (Å²) in [6.45, 7) is 10.9. The van der Waals surface area contributed by atoms with E-state index in [1.165, 1.54) is 64.7 Å². The minimum atomic E-state index is 0.304. The van der Waals surface area contributed by atoms with E-state index in [4.69, 9.17) is 5.11 Å². The van der Waals surface area contributed by atoms with Gasteiger partial charge in [-0.25, -0.2) is 0 Å². The Kier molecular flexibility index (Phi) is 6.14. The second kappa shape index (κ2) is 8.09. The van der Waals surface area contributed by atoms with Crippen LogP contribution in [0.5, 0.6) is 0 Å². The molecule has 1 saturated carbocycles. The lowest BCUT2D eigenvalue weighted by atomic mass is 9.85. The van der Waals surface area contributed by atoms with Gasteiger partial charge in [-0.3, -0.25) is 9.80 Å². The van der Waals surface area contributed by atoms with Crippen LogP contribution in [0.25, 0.3) is 0 Å². The van der Waals surface area contributed by atoms with Crippen LogP contribution in [0.15, 0.2) is 0 Å². The number of piperazine rings is 1. The van der Waals surface area contributed by atoms with Crippen molar-refractivity contribution in [3.8, 4) is 0 Å². The summed E-state index contributed by atoms with van der Waals surface area (Å²) >= 11 is 0. The molecule has 3 fully saturated rings. The number of β-amino-alcohol motifs (C(OH)–C–C–N with tert-alkyl or cyclic N) is 1. The van der Waals surface area contributed by atoms with Crippen LogP contribution in [0.2, 0.25) is 0 Å². The van der Waals surface area contributed by atoms with Crippen molar-refractivity contribution < 1.29 is 5.11 Å². The van der Waals surface area contributed by atoms with Gasteiger partial charge in [0.25, 0.3) is 0 Å². The van der Waals surface area contributed by atoms with Gasteiger partial charge in [0.2, 0.25) is 0 Å². The second-order valence-electron chi connectivity index (χ2n) is 7.79. The number of hydrogen-bond acceptors (Lipinski definition) is 4. The van der Waals surface area contributed by atoms with E-state index in [9.17, 15) is 0 Å². The molecule has 2 heterocycles. The molecule has 0 aromatic heterocycles. The first kappa shape index (κ1) is 16.7. The Morgan fingerprint density at radius 1 is 0.818 bits per heavy atom. The maximum Gasteiger partial charge on any atom is 0.0558 e. The summed E-state index contributed by atoms with van der Waals surface area (Å²) in [6, 6.07) is 1.69. The van der Waals surface area contributed by atoms with Crippen molar-refractivity contribution in [2.45, 2.75) is 57.5 Å². The number of likely N-dealkylation sites (tertiary alicyclic amines) is 1. The number of piperidine rings is 1. The van der Waals surface area contributed by atoms with Crippen molar-refractivity contribution in [3.63, 3.8) is 0 Å². The zero-order valence-electron chi connectivity index (χ0n) is 14.4. The Labute approximate surface area is 136 Å². The second-order valence-corrected chi connectivity index (χ2v) is 7.79. The van der Waals surface area contributed by atoms with Gasteiger partial charge in [0.15, 0.2) is 0 Å². The van der Waals surface area contributed by atoms with Crippen molar-refractivity contribution in [1.82, 2.24) is 14.7 Å². The molecule has 4 heteroatoms. The highest BCUT2D eigenvalue weighted by atomic mass is 16.3. The van der Waals surface area contributed by atoms with Gasteiger partial charge in [0, 0.05) is 44.8 Å². The molecule has 0 bridgehead atoms. The Morgan fingerprint density at radius 3 is 2.14 bits per heavy atom. The van der Waals surface area contributed by atoms with Crippen LogP contribution in [0.1, 0.15) is 45.4 Å². The first-order valence-corrected chi connectivity index (χ1v) is 9.57. The van der Waals surface area contributed by atoms with E-state index < -0.39 is 0 Å². The fourth-order valence-corrected chi connectivity index (χ4v) is 4.84. The van der Waals surface area contributed by atoms with E-state index in [-0.39, 0.29) is 0 Å². The van der Waals surface area contributed by atoms with E-state index >= 15 is 0 Å². The quantitative estimate of drug-likeness (QED) is 0.855. The lowest BCUT2D eigenvalue weighted by Crippen LogP contribution is -2.54. The monoisotopic (exact) mass is 309 g/mol. The zero-order valence-corrected chi connectivity index (χ0v) is 14.4. The summed E-state index contributed by atoms with van der Waals surface area (Å²) in [6.07, 6.45) is 8.50. The van der Waals surface area contributed by atoms with Crippen LogP contribution >= 0.6 is 0 Å². The van der Waals surface area contributed by atoms with Gasteiger partial charge in [-0.2, -0.15) is 0 Å². The smallest absolute Gasteiger partial charge is 0.0558 e. The third kappa shape index (κ3) is 4.22. The Balaban J connectivity index is 1.40. The summed E-state index contributed by atoms with van der Waals surface area (Å²) in [7, 11) is 0. The van der Waals surface area contributed by atoms with E-state index in [0.29, 0.717) is 6.61 Å². The standard InChI is InChI=1S/C18H35N3O/c1-16-3-2-4-18(15-16)20-7-5-17(6-8-20)21-11-9-19(10-12-21)13-14-22/h16-18,22H,2-15H2,1H3/t16-,18+/m0/s1. The first-order chi connectivity index (χ1) is 10.8. The first-order valence-electron chi connectivity index (χ1n) is 9.57. The number of hydrogen-bond donors (Lipinski definition) is 1. The van der Waals surface area contributed by atoms with Crippen LogP contribution in [-0.2, 0) is 0 Å². The molecule has 0 amide bonds. The van der Waals surface area contributed by atoms with Crippen LogP contribution < -0.4 is 0 Å². The predicted octanol–water partition coefficient (Wildman–Crippen LogP) is 1.64. The van der Waals surface area contributed by atoms with E-state index in [1.807, 2.05) is 0 Å². The average molecular weight is 309 g/mol. The molecule has 1 aliphatic carbocycles. The van der Waals surface area contributed by atoms with Crippen molar-refractivity contribution in [2.24, 2.45) is 5.92 Å². The van der Waals surface area contributed by atoms with Crippen molar-refractivity contribution in [3.05, 3.63) is 0 Å². The van der Waals surface area contributed by atoms with Gasteiger partial charge < -0.3 is 10.0 Å². The van der Waals surface area contributed by atoms with Crippen LogP contribution in [0, 0.1) is 5.92 Å². The molecular formula is C18H35N3O. The Morgan fingerprint density at radius 2 is 1.50 bits per heavy atom. The molecule has 4 nitrogen and oxygen atoms in total. The normalized spacial score (nSPS) is 34.1. The lowest BCUT2D eigenvalue weighted by molar-refractivity contribution is 0.0340. The van der Waals surface area contributed by atoms with E-state index in [1.54, 1.807) is 0 Å². The van der Waals surface area contributed by atoms with Crippen molar-refractivity contribution >= 4 is 0 Å². The molecule has 3 aliphatic rings. The molecule has 22 heavy (non-hydrogen) atoms. The molecule has 0 unspecified atom stereocenters. The maximum atomic E-state index is 9.04. The summed E-state index contributed by atoms with van der Waals surface area (Å²) in [5.74, 6) is 0.941. The minimum Gasteiger partial charge on any atom is -0.395 e. The zero-order chi connectivity index (χ0) is 15.4. The largest absolute Gasteiger partial charge is 0.395 e. The summed E-state index contributed by atoms with van der Waals surface area (Å²) < 4.78 is 0. The fourth-order valence-electron chi connectivity index (χ4n) is 4.84. The van der Waals surface area contributed by atoms with Crippen molar-refractivity contribution in [1.29, 1.82) is 0 Å². The highest BCUT2D eigenvalue weighted by Gasteiger charge is 2.31. The van der Waals surface area contributed by atoms with Gasteiger partial charge in [0.05, 0.1) is 6.61 Å². The average Bonchev–Trinajstić information content (AvgIpc) is 2.56. The van der Waals surface area contributed by atoms with E-state index in [0.717, 1.165) is 37.6 Å². The molecule has 3 rings (SSSR count). The molecule has 2 atom stereocenters. The maximum absolute atomic E-state index is 9.04. The number of nitrogens with zero attached hydrogens (tertiary/aromatic N) is 3. The Bertz CT molecular complexity index is 322. The Hall–Kier alpha value is -0.160. The molecule has 0 aromatic rings. The lowest BCUT2D eigenvalue weighted by Gasteiger charge is -2.45. The molecular weight excluding hydrogens is 274 g/mol. The third-order valence-corrected chi connectivity index (χ3v) is 6.26. The molecule has 0 aromatic carbocycles. The highest BCUT2D eigenvalue weighted by molar-refractivity contribution is 4.87. The molecule has 0 radical (unpaired) electrons. The number of rotatable bonds is 4. The van der Waals surface area contributed by atoms with Crippen molar-refractivity contribution in [2.75, 3.05) is 52.4 Å². The minimum absolute atomic E-state index is 0.304. The fraction of sp³-hybridized carbons (Fsp3) is 1.00. The SMILES string of the molecule is C[C@H]1CCC[C@@H](N2CCC(N3CCN(CCO)CC3)CC2)C1. The topological polar surface area (TPSA) is 30.0 Å². The van der Waals surface area contributed by atoms with Gasteiger partial charge in [0.1, 0.15) is 0 Å². The van der Waals surface area contributed by atoms with Gasteiger partial charge >= 0.3 is 0 Å². The number of aliphatic hydroxyl groups is 1. The molecule has 2 aliphatic heterocycles. The third-order valence-electron chi connectivity index (χ3n) is 6.26. The molecule has 2 saturated heterocycles. The van der Waals surface area contributed by atoms with Crippen LogP contribution in [-0.4, -0.2) is 84.3 Å². The highest BCUT2D eigenvalue weighted by Crippen LogP contribution is 2.30. The molecule has 1 N–H and O–H groups in total. The van der Waals surface area contributed by atoms with Gasteiger partial charge in [-0.1, -0.05) is 19.8 Å². The predicted molar refractivity (Wildman–Crippen MR) is 91.1 cm³/mol. The number of aliphatic hydroxyl groups excluding tert-OH is 1. The molecule has 128 valence electrons. The summed E-state index contributed by atoms with van der Waals surface area (Å²) in [5.41, 5.74) is 0. The van der Waals surface area contributed by atoms with Gasteiger partial charge in [-0.15, -0.1) is 0 Å². The summed E-state index contributed by atoms with van der Waals surface area (Å²) in [4.78, 5) is 7.91.